The zero-order valence-corrected chi connectivity index (χ0v) is 16.4. The number of benzene rings is 2. The lowest BCUT2D eigenvalue weighted by atomic mass is 9.75. The molecule has 0 aliphatic carbocycles. The maximum absolute atomic E-state index is 12.9. The van der Waals surface area contributed by atoms with Crippen molar-refractivity contribution < 1.29 is 18.0 Å². The van der Waals surface area contributed by atoms with Gasteiger partial charge in [-0.15, -0.1) is 0 Å². The zero-order valence-electron chi connectivity index (χ0n) is 16.4. The molecule has 154 valence electrons. The summed E-state index contributed by atoms with van der Waals surface area (Å²) in [5.41, 5.74) is 1.30. The third kappa shape index (κ3) is 4.72. The van der Waals surface area contributed by atoms with Crippen molar-refractivity contribution in [2.75, 3.05) is 0 Å². The summed E-state index contributed by atoms with van der Waals surface area (Å²) in [6.45, 7) is 0.927. The molecule has 0 amide bonds. The first-order chi connectivity index (χ1) is 13.9. The van der Waals surface area contributed by atoms with Crippen LogP contribution in [0.25, 0.3) is 0 Å². The van der Waals surface area contributed by atoms with Gasteiger partial charge in [0.25, 0.3) is 0 Å². The first kappa shape index (κ1) is 20.1. The van der Waals surface area contributed by atoms with Crippen LogP contribution in [0.4, 0.5) is 13.2 Å². The summed E-state index contributed by atoms with van der Waals surface area (Å²) in [6.07, 6.45) is 1.05. The number of ketones is 1. The number of hydrogen-bond donors (Lipinski definition) is 0. The summed E-state index contributed by atoms with van der Waals surface area (Å²) in [7, 11) is 0. The van der Waals surface area contributed by atoms with Gasteiger partial charge in [-0.25, -0.2) is 0 Å². The standard InChI is InChI=1S/C24H26F3NO/c25-24(26,27)20-11-9-17(10-12-20)13-23(29)19-14-21-7-4-8-22(15-19)28(21)16-18-5-2-1-3-6-18/h1-3,5-6,9-12,19,21-22H,4,7-8,13-16H2. The summed E-state index contributed by atoms with van der Waals surface area (Å²) >= 11 is 0. The Hall–Kier alpha value is -2.14. The molecule has 2 aromatic carbocycles. The monoisotopic (exact) mass is 401 g/mol. The molecule has 2 saturated heterocycles. The number of fused-ring (bicyclic) bond motifs is 2. The van der Waals surface area contributed by atoms with Crippen LogP contribution >= 0.6 is 0 Å². The second-order valence-electron chi connectivity index (χ2n) is 8.40. The van der Waals surface area contributed by atoms with E-state index in [0.29, 0.717) is 17.6 Å². The molecule has 2 bridgehead atoms. The average molecular weight is 401 g/mol. The maximum Gasteiger partial charge on any atom is 0.416 e. The summed E-state index contributed by atoms with van der Waals surface area (Å²) < 4.78 is 38.2. The molecule has 2 aliphatic heterocycles. The van der Waals surface area contributed by atoms with Crippen molar-refractivity contribution >= 4 is 5.78 Å². The molecule has 0 spiro atoms. The fourth-order valence-electron chi connectivity index (χ4n) is 4.95. The number of nitrogens with zero attached hydrogens (tertiary/aromatic N) is 1. The normalized spacial score (nSPS) is 25.0. The fourth-order valence-corrected chi connectivity index (χ4v) is 4.95. The predicted molar refractivity (Wildman–Crippen MR) is 106 cm³/mol. The van der Waals surface area contributed by atoms with Crippen LogP contribution in [0.15, 0.2) is 54.6 Å². The minimum absolute atomic E-state index is 0.0135. The minimum Gasteiger partial charge on any atom is -0.299 e. The Morgan fingerprint density at radius 3 is 2.10 bits per heavy atom. The number of carbonyl (C=O) groups excluding carboxylic acids is 1. The maximum atomic E-state index is 12.9. The molecule has 2 fully saturated rings. The third-order valence-electron chi connectivity index (χ3n) is 6.45. The van der Waals surface area contributed by atoms with E-state index in [2.05, 4.69) is 29.2 Å². The number of alkyl halides is 3. The third-order valence-corrected chi connectivity index (χ3v) is 6.45. The lowest BCUT2D eigenvalue weighted by molar-refractivity contribution is -0.137. The van der Waals surface area contributed by atoms with Gasteiger partial charge >= 0.3 is 6.18 Å². The van der Waals surface area contributed by atoms with Crippen LogP contribution in [0.3, 0.4) is 0 Å². The average Bonchev–Trinajstić information content (AvgIpc) is 2.68. The van der Waals surface area contributed by atoms with Crippen molar-refractivity contribution in [2.45, 2.75) is 63.3 Å². The molecule has 2 unspecified atom stereocenters. The highest BCUT2D eigenvalue weighted by Crippen LogP contribution is 2.38. The van der Waals surface area contributed by atoms with E-state index in [4.69, 9.17) is 0 Å². The highest BCUT2D eigenvalue weighted by atomic mass is 19.4. The number of carbonyl (C=O) groups is 1. The molecule has 2 atom stereocenters. The van der Waals surface area contributed by atoms with Crippen molar-refractivity contribution in [1.29, 1.82) is 0 Å². The lowest BCUT2D eigenvalue weighted by Crippen LogP contribution is -2.52. The van der Waals surface area contributed by atoms with Gasteiger partial charge < -0.3 is 0 Å². The number of piperidine rings is 2. The van der Waals surface area contributed by atoms with E-state index in [1.54, 1.807) is 0 Å². The van der Waals surface area contributed by atoms with Crippen LogP contribution in [-0.4, -0.2) is 22.8 Å². The van der Waals surface area contributed by atoms with Gasteiger partial charge in [0.2, 0.25) is 0 Å². The first-order valence-corrected chi connectivity index (χ1v) is 10.4. The summed E-state index contributed by atoms with van der Waals surface area (Å²) in [5, 5.41) is 0. The van der Waals surface area contributed by atoms with Crippen LogP contribution in [0.2, 0.25) is 0 Å². The molecular weight excluding hydrogens is 375 g/mol. The molecule has 2 nitrogen and oxygen atoms in total. The summed E-state index contributed by atoms with van der Waals surface area (Å²) in [6, 6.07) is 16.3. The van der Waals surface area contributed by atoms with E-state index >= 15 is 0 Å². The summed E-state index contributed by atoms with van der Waals surface area (Å²) in [5.74, 6) is 0.181. The van der Waals surface area contributed by atoms with Crippen molar-refractivity contribution in [2.24, 2.45) is 5.92 Å². The number of rotatable bonds is 5. The molecule has 0 saturated carbocycles. The SMILES string of the molecule is O=C(Cc1ccc(C(F)(F)F)cc1)C1CC2CCCC(C1)N2Cc1ccccc1. The summed E-state index contributed by atoms with van der Waals surface area (Å²) in [4.78, 5) is 15.5. The molecule has 2 heterocycles. The highest BCUT2D eigenvalue weighted by molar-refractivity contribution is 5.83. The molecule has 2 aliphatic rings. The van der Waals surface area contributed by atoms with Crippen molar-refractivity contribution in [3.05, 3.63) is 71.3 Å². The Labute approximate surface area is 169 Å². The van der Waals surface area contributed by atoms with Crippen molar-refractivity contribution in [3.8, 4) is 0 Å². The topological polar surface area (TPSA) is 20.3 Å². The van der Waals surface area contributed by atoms with Gasteiger partial charge in [0, 0.05) is 31.0 Å². The Balaban J connectivity index is 1.40. The molecule has 29 heavy (non-hydrogen) atoms. The molecule has 0 N–H and O–H groups in total. The van der Waals surface area contributed by atoms with E-state index in [1.807, 2.05) is 6.07 Å². The largest absolute Gasteiger partial charge is 0.416 e. The quantitative estimate of drug-likeness (QED) is 0.645. The van der Waals surface area contributed by atoms with Gasteiger partial charge in [-0.1, -0.05) is 48.9 Å². The van der Waals surface area contributed by atoms with Crippen LogP contribution in [0.5, 0.6) is 0 Å². The van der Waals surface area contributed by atoms with E-state index < -0.39 is 11.7 Å². The van der Waals surface area contributed by atoms with Gasteiger partial charge in [0.05, 0.1) is 5.56 Å². The number of hydrogen-bond acceptors (Lipinski definition) is 2. The van der Waals surface area contributed by atoms with Crippen LogP contribution in [0, 0.1) is 5.92 Å². The number of halogens is 3. The van der Waals surface area contributed by atoms with Crippen LogP contribution in [0.1, 0.15) is 48.8 Å². The van der Waals surface area contributed by atoms with E-state index in [1.165, 1.54) is 24.1 Å². The van der Waals surface area contributed by atoms with Gasteiger partial charge in [-0.05, 0) is 48.9 Å². The highest BCUT2D eigenvalue weighted by Gasteiger charge is 2.40. The van der Waals surface area contributed by atoms with E-state index in [-0.39, 0.29) is 18.1 Å². The zero-order chi connectivity index (χ0) is 20.4. The Morgan fingerprint density at radius 1 is 0.897 bits per heavy atom. The van der Waals surface area contributed by atoms with Crippen molar-refractivity contribution in [3.63, 3.8) is 0 Å². The van der Waals surface area contributed by atoms with Gasteiger partial charge in [-0.2, -0.15) is 13.2 Å². The predicted octanol–water partition coefficient (Wildman–Crippen LogP) is 5.65. The van der Waals surface area contributed by atoms with Crippen LogP contribution < -0.4 is 0 Å². The van der Waals surface area contributed by atoms with Gasteiger partial charge in [0.1, 0.15) is 5.78 Å². The molecular formula is C24H26F3NO. The van der Waals surface area contributed by atoms with Crippen LogP contribution in [-0.2, 0) is 23.9 Å². The minimum atomic E-state index is -4.34. The first-order valence-electron chi connectivity index (χ1n) is 10.4. The lowest BCUT2D eigenvalue weighted by Gasteiger charge is -2.48. The molecule has 0 radical (unpaired) electrons. The van der Waals surface area contributed by atoms with E-state index in [0.717, 1.165) is 44.4 Å². The molecule has 2 aromatic rings. The van der Waals surface area contributed by atoms with Crippen molar-refractivity contribution in [1.82, 2.24) is 4.90 Å². The second kappa shape index (κ2) is 8.31. The fraction of sp³-hybridized carbons (Fsp3) is 0.458. The Bertz CT molecular complexity index is 817. The van der Waals surface area contributed by atoms with Gasteiger partial charge in [-0.3, -0.25) is 9.69 Å². The Morgan fingerprint density at radius 2 is 1.52 bits per heavy atom. The van der Waals surface area contributed by atoms with Gasteiger partial charge in [0.15, 0.2) is 0 Å². The Kier molecular flexibility index (Phi) is 5.77. The molecule has 0 aromatic heterocycles. The smallest absolute Gasteiger partial charge is 0.299 e. The molecule has 4 rings (SSSR count). The second-order valence-corrected chi connectivity index (χ2v) is 8.40. The van der Waals surface area contributed by atoms with E-state index in [9.17, 15) is 18.0 Å². The molecule has 5 heteroatoms. The number of Topliss-reactive ketones (excluding diaryl/α,β-unsaturated/α-hetero) is 1.